The molecule has 0 radical (unpaired) electrons. The highest BCUT2D eigenvalue weighted by Crippen LogP contribution is 2.26. The number of ketones is 1. The minimum Gasteiger partial charge on any atom is -0.384 e. The maximum Gasteiger partial charge on any atom is 0.294 e. The van der Waals surface area contributed by atoms with Crippen LogP contribution in [0.3, 0.4) is 0 Å². The van der Waals surface area contributed by atoms with Crippen LogP contribution in [0.1, 0.15) is 41.4 Å². The predicted molar refractivity (Wildman–Crippen MR) is 133 cm³/mol. The van der Waals surface area contributed by atoms with Gasteiger partial charge in [-0.25, -0.2) is 14.6 Å². The number of nitrogens with one attached hydrogen (secondary N) is 1. The van der Waals surface area contributed by atoms with Crippen molar-refractivity contribution in [1.29, 1.82) is 0 Å². The molecule has 0 unspecified atom stereocenters. The number of anilines is 2. The first-order chi connectivity index (χ1) is 17.0. The number of fused-ring (bicyclic) bond motifs is 1. The van der Waals surface area contributed by atoms with Gasteiger partial charge in [0.15, 0.2) is 11.6 Å². The Kier molecular flexibility index (Phi) is 6.13. The zero-order valence-corrected chi connectivity index (χ0v) is 19.5. The van der Waals surface area contributed by atoms with Gasteiger partial charge in [0.2, 0.25) is 0 Å². The van der Waals surface area contributed by atoms with Crippen LogP contribution in [0.5, 0.6) is 0 Å². The van der Waals surface area contributed by atoms with Crippen molar-refractivity contribution in [1.82, 2.24) is 24.3 Å². The first-order valence-corrected chi connectivity index (χ1v) is 11.7. The van der Waals surface area contributed by atoms with Crippen molar-refractivity contribution in [3.05, 3.63) is 93.9 Å². The second kappa shape index (κ2) is 9.54. The average Bonchev–Trinajstić information content (AvgIpc) is 3.51. The maximum atomic E-state index is 13.2. The molecule has 4 heterocycles. The third-order valence-electron chi connectivity index (χ3n) is 6.41. The third kappa shape index (κ3) is 4.70. The summed E-state index contributed by atoms with van der Waals surface area (Å²) in [7, 11) is 0. The number of benzene rings is 1. The van der Waals surface area contributed by atoms with Gasteiger partial charge < -0.3 is 11.1 Å². The monoisotopic (exact) mass is 469 g/mol. The van der Waals surface area contributed by atoms with E-state index in [-0.39, 0.29) is 17.2 Å². The Bertz CT molecular complexity index is 1430. The summed E-state index contributed by atoms with van der Waals surface area (Å²) >= 11 is 0. The Morgan fingerprint density at radius 1 is 1.17 bits per heavy atom. The van der Waals surface area contributed by atoms with Crippen molar-refractivity contribution in [2.45, 2.75) is 45.2 Å². The van der Waals surface area contributed by atoms with Gasteiger partial charge in [-0.15, -0.1) is 0 Å². The van der Waals surface area contributed by atoms with Crippen molar-refractivity contribution in [2.75, 3.05) is 11.1 Å². The smallest absolute Gasteiger partial charge is 0.294 e. The van der Waals surface area contributed by atoms with Crippen LogP contribution in [0.2, 0.25) is 0 Å². The highest BCUT2D eigenvalue weighted by molar-refractivity contribution is 5.83. The van der Waals surface area contributed by atoms with Gasteiger partial charge in [0.25, 0.3) is 5.56 Å². The standard InChI is InChI=1S/C26H27N7O2/c1-17-19(8-12-24(27)31-17)7-11-23(34)22-10-9-21-15-29-25(26(35)33(21)22)28-13-18-14-30-32(16-18)20-5-3-2-4-6-20/h2-6,8,12,14-16,22H,7,9-11,13H2,1H3,(H2,27,31)(H,28,29)/t22-/m0/s1. The van der Waals surface area contributed by atoms with Crippen molar-refractivity contribution >= 4 is 17.4 Å². The summed E-state index contributed by atoms with van der Waals surface area (Å²) in [6.45, 7) is 2.29. The Labute approximate surface area is 202 Å². The van der Waals surface area contributed by atoms with E-state index in [2.05, 4.69) is 20.4 Å². The van der Waals surface area contributed by atoms with Gasteiger partial charge in [-0.3, -0.25) is 14.2 Å². The molecule has 1 aromatic carbocycles. The highest BCUT2D eigenvalue weighted by atomic mass is 16.1. The number of nitrogens with zero attached hydrogens (tertiary/aromatic N) is 5. The van der Waals surface area contributed by atoms with Crippen LogP contribution >= 0.6 is 0 Å². The Morgan fingerprint density at radius 3 is 2.80 bits per heavy atom. The Hall–Kier alpha value is -4.27. The van der Waals surface area contributed by atoms with Crippen LogP contribution in [-0.2, 0) is 24.2 Å². The predicted octanol–water partition coefficient (Wildman–Crippen LogP) is 3.02. The number of hydrogen-bond donors (Lipinski definition) is 2. The lowest BCUT2D eigenvalue weighted by Crippen LogP contribution is -2.30. The number of aromatic nitrogens is 5. The number of nitrogen functional groups attached to an aromatic ring is 1. The van der Waals surface area contributed by atoms with Crippen LogP contribution < -0.4 is 16.6 Å². The highest BCUT2D eigenvalue weighted by Gasteiger charge is 2.30. The number of rotatable bonds is 8. The molecule has 4 aromatic rings. The van der Waals surface area contributed by atoms with Crippen LogP contribution in [0.15, 0.2) is 65.8 Å². The number of carbonyl (C=O) groups excluding carboxylic acids is 1. The molecule has 3 aromatic heterocycles. The number of nitrogens with two attached hydrogens (primary N) is 1. The summed E-state index contributed by atoms with van der Waals surface area (Å²) in [6.07, 6.45) is 7.54. The average molecular weight is 470 g/mol. The maximum absolute atomic E-state index is 13.2. The number of carbonyl (C=O) groups is 1. The molecule has 1 atom stereocenters. The fourth-order valence-corrected chi connectivity index (χ4v) is 4.52. The molecule has 178 valence electrons. The number of aryl methyl sites for hydroxylation is 3. The number of para-hydroxylation sites is 1. The molecule has 9 heteroatoms. The van der Waals surface area contributed by atoms with Gasteiger partial charge in [0.05, 0.1) is 17.9 Å². The summed E-state index contributed by atoms with van der Waals surface area (Å²) in [5.41, 5.74) is 9.95. The summed E-state index contributed by atoms with van der Waals surface area (Å²) < 4.78 is 3.39. The van der Waals surface area contributed by atoms with Crippen LogP contribution in [0.25, 0.3) is 5.69 Å². The molecule has 3 N–H and O–H groups in total. The molecule has 0 spiro atoms. The lowest BCUT2D eigenvalue weighted by molar-refractivity contribution is -0.122. The zero-order chi connectivity index (χ0) is 24.4. The minimum atomic E-state index is -0.469. The fraction of sp³-hybridized carbons (Fsp3) is 0.269. The van der Waals surface area contributed by atoms with Crippen molar-refractivity contribution < 1.29 is 4.79 Å². The topological polar surface area (TPSA) is 121 Å². The Balaban J connectivity index is 1.27. The first-order valence-electron chi connectivity index (χ1n) is 11.7. The molecule has 0 fully saturated rings. The normalized spacial score (nSPS) is 14.6. The molecule has 1 aliphatic rings. The molecule has 0 aliphatic carbocycles. The van der Waals surface area contributed by atoms with Gasteiger partial charge in [-0.2, -0.15) is 5.10 Å². The number of pyridine rings is 1. The summed E-state index contributed by atoms with van der Waals surface area (Å²) in [5.74, 6) is 0.747. The van der Waals surface area contributed by atoms with E-state index in [1.165, 1.54) is 0 Å². The second-order valence-electron chi connectivity index (χ2n) is 8.76. The molecule has 35 heavy (non-hydrogen) atoms. The molecule has 0 saturated carbocycles. The Morgan fingerprint density at radius 2 is 2.00 bits per heavy atom. The second-order valence-corrected chi connectivity index (χ2v) is 8.76. The third-order valence-corrected chi connectivity index (χ3v) is 6.41. The number of Topliss-reactive ketones (excluding diaryl/α,β-unsaturated/α-hetero) is 1. The molecule has 0 saturated heterocycles. The van der Waals surface area contributed by atoms with Crippen molar-refractivity contribution in [2.24, 2.45) is 0 Å². The summed E-state index contributed by atoms with van der Waals surface area (Å²) in [5, 5.41) is 7.51. The summed E-state index contributed by atoms with van der Waals surface area (Å²) in [4.78, 5) is 34.9. The van der Waals surface area contributed by atoms with Gasteiger partial charge >= 0.3 is 0 Å². The molecule has 1 aliphatic heterocycles. The molecular weight excluding hydrogens is 442 g/mol. The lowest BCUT2D eigenvalue weighted by Gasteiger charge is -2.15. The van der Waals surface area contributed by atoms with Crippen LogP contribution in [0.4, 0.5) is 11.6 Å². The van der Waals surface area contributed by atoms with Crippen LogP contribution in [-0.4, -0.2) is 30.1 Å². The van der Waals surface area contributed by atoms with E-state index >= 15 is 0 Å². The molecule has 0 bridgehead atoms. The van der Waals surface area contributed by atoms with E-state index in [9.17, 15) is 9.59 Å². The molecule has 5 rings (SSSR count). The van der Waals surface area contributed by atoms with E-state index in [0.29, 0.717) is 38.0 Å². The SMILES string of the molecule is Cc1nc(N)ccc1CCC(=O)[C@@H]1CCc2cnc(NCc3cnn(-c4ccccc4)c3)c(=O)n21. The van der Waals surface area contributed by atoms with E-state index in [1.54, 1.807) is 27.7 Å². The quantitative estimate of drug-likeness (QED) is 0.407. The van der Waals surface area contributed by atoms with Gasteiger partial charge in [-0.1, -0.05) is 24.3 Å². The van der Waals surface area contributed by atoms with Gasteiger partial charge in [0.1, 0.15) is 5.82 Å². The molecule has 9 nitrogen and oxygen atoms in total. The number of hydrogen-bond acceptors (Lipinski definition) is 7. The van der Waals surface area contributed by atoms with E-state index in [0.717, 1.165) is 28.2 Å². The fourth-order valence-electron chi connectivity index (χ4n) is 4.52. The van der Waals surface area contributed by atoms with E-state index in [1.807, 2.05) is 49.5 Å². The largest absolute Gasteiger partial charge is 0.384 e. The minimum absolute atomic E-state index is 0.0448. The first kappa shape index (κ1) is 22.5. The van der Waals surface area contributed by atoms with Crippen molar-refractivity contribution in [3.8, 4) is 5.69 Å². The van der Waals surface area contributed by atoms with Crippen LogP contribution in [0, 0.1) is 6.92 Å². The van der Waals surface area contributed by atoms with Crippen molar-refractivity contribution in [3.63, 3.8) is 0 Å². The molecular formula is C26H27N7O2. The zero-order valence-electron chi connectivity index (χ0n) is 19.5. The van der Waals surface area contributed by atoms with E-state index < -0.39 is 6.04 Å². The van der Waals surface area contributed by atoms with Gasteiger partial charge in [0, 0.05) is 42.3 Å². The molecule has 0 amide bonds. The van der Waals surface area contributed by atoms with Gasteiger partial charge in [-0.05, 0) is 49.9 Å². The van der Waals surface area contributed by atoms with E-state index in [4.69, 9.17) is 5.73 Å². The lowest BCUT2D eigenvalue weighted by atomic mass is 10.0. The summed E-state index contributed by atoms with van der Waals surface area (Å²) in [6, 6.07) is 13.0.